The molecule has 1 amide bonds. The van der Waals surface area contributed by atoms with Gasteiger partial charge in [-0.25, -0.2) is 0 Å². The minimum atomic E-state index is -0.385. The molecule has 0 saturated carbocycles. The number of benzene rings is 1. The maximum Gasteiger partial charge on any atom is 0.219 e. The van der Waals surface area contributed by atoms with Crippen molar-refractivity contribution in [1.29, 1.82) is 0 Å². The molecule has 0 heterocycles. The lowest BCUT2D eigenvalue weighted by molar-refractivity contribution is -0.119. The van der Waals surface area contributed by atoms with Crippen molar-refractivity contribution in [3.05, 3.63) is 34.9 Å². The summed E-state index contributed by atoms with van der Waals surface area (Å²) in [6, 6.07) is 6.23. The molecule has 3 nitrogen and oxygen atoms in total. The molecule has 3 heteroatoms. The Morgan fingerprint density at radius 2 is 2.06 bits per heavy atom. The van der Waals surface area contributed by atoms with Crippen LogP contribution in [-0.4, -0.2) is 13.0 Å². The maximum absolute atomic E-state index is 11.1. The second-order valence-electron chi connectivity index (χ2n) is 4.54. The van der Waals surface area contributed by atoms with Gasteiger partial charge in [-0.1, -0.05) is 23.8 Å². The van der Waals surface area contributed by atoms with Crippen LogP contribution >= 0.6 is 0 Å². The van der Waals surface area contributed by atoms with Crippen LogP contribution in [0.5, 0.6) is 0 Å². The van der Waals surface area contributed by atoms with Gasteiger partial charge >= 0.3 is 0 Å². The van der Waals surface area contributed by atoms with Gasteiger partial charge in [0.05, 0.1) is 0 Å². The zero-order chi connectivity index (χ0) is 12.3. The highest BCUT2D eigenvalue weighted by atomic mass is 16.1. The molecule has 1 aromatic rings. The van der Waals surface area contributed by atoms with Crippen LogP contribution in [0.4, 0.5) is 0 Å². The van der Waals surface area contributed by atoms with E-state index in [4.69, 9.17) is 5.73 Å². The monoisotopic (exact) mass is 220 g/mol. The molecule has 0 radical (unpaired) electrons. The minimum absolute atomic E-state index is 0.295. The molecular weight excluding hydrogens is 200 g/mol. The predicted octanol–water partition coefficient (Wildman–Crippen LogP) is 1.61. The van der Waals surface area contributed by atoms with Crippen LogP contribution in [0.15, 0.2) is 18.2 Å². The minimum Gasteiger partial charge on any atom is -0.370 e. The second kappa shape index (κ2) is 4.66. The van der Waals surface area contributed by atoms with Crippen molar-refractivity contribution in [2.24, 2.45) is 5.73 Å². The van der Waals surface area contributed by atoms with Crippen LogP contribution < -0.4 is 11.1 Å². The van der Waals surface area contributed by atoms with Crippen molar-refractivity contribution < 1.29 is 4.79 Å². The van der Waals surface area contributed by atoms with Crippen molar-refractivity contribution >= 4 is 5.91 Å². The topological polar surface area (TPSA) is 55.1 Å². The quantitative estimate of drug-likeness (QED) is 0.810. The van der Waals surface area contributed by atoms with Crippen molar-refractivity contribution in [2.45, 2.75) is 32.7 Å². The van der Waals surface area contributed by atoms with E-state index in [1.54, 1.807) is 0 Å². The summed E-state index contributed by atoms with van der Waals surface area (Å²) in [5, 5.41) is 3.19. The number of primary amides is 1. The smallest absolute Gasteiger partial charge is 0.219 e. The Morgan fingerprint density at radius 1 is 1.44 bits per heavy atom. The van der Waals surface area contributed by atoms with Crippen molar-refractivity contribution in [1.82, 2.24) is 5.32 Å². The van der Waals surface area contributed by atoms with E-state index in [-0.39, 0.29) is 11.4 Å². The number of rotatable bonds is 4. The summed E-state index contributed by atoms with van der Waals surface area (Å²) >= 11 is 0. The van der Waals surface area contributed by atoms with E-state index in [1.165, 1.54) is 11.1 Å². The first kappa shape index (κ1) is 12.7. The first-order chi connectivity index (χ1) is 7.39. The number of hydrogen-bond donors (Lipinski definition) is 2. The third-order valence-corrected chi connectivity index (χ3v) is 3.06. The second-order valence-corrected chi connectivity index (χ2v) is 4.54. The van der Waals surface area contributed by atoms with E-state index in [1.807, 2.05) is 14.0 Å². The number of nitrogens with one attached hydrogen (secondary N) is 1. The molecule has 0 spiro atoms. The highest BCUT2D eigenvalue weighted by Gasteiger charge is 2.28. The number of hydrogen-bond acceptors (Lipinski definition) is 2. The fourth-order valence-electron chi connectivity index (χ4n) is 2.10. The lowest BCUT2D eigenvalue weighted by atomic mass is 9.85. The summed E-state index contributed by atoms with van der Waals surface area (Å²) in [7, 11) is 1.85. The molecule has 0 aliphatic carbocycles. The Balaban J connectivity index is 3.17. The molecule has 0 bridgehead atoms. The average molecular weight is 220 g/mol. The lowest BCUT2D eigenvalue weighted by Crippen LogP contribution is -2.41. The van der Waals surface area contributed by atoms with Gasteiger partial charge in [0.15, 0.2) is 0 Å². The van der Waals surface area contributed by atoms with E-state index in [9.17, 15) is 4.79 Å². The molecule has 0 aliphatic rings. The number of carbonyl (C=O) groups is 1. The number of amides is 1. The van der Waals surface area contributed by atoms with E-state index in [0.717, 1.165) is 5.56 Å². The van der Waals surface area contributed by atoms with Gasteiger partial charge in [-0.15, -0.1) is 0 Å². The summed E-state index contributed by atoms with van der Waals surface area (Å²) in [5.74, 6) is -0.295. The molecule has 16 heavy (non-hydrogen) atoms. The molecule has 0 fully saturated rings. The standard InChI is InChI=1S/C13H20N2O/c1-9-5-6-11(10(2)7-9)13(3,15-4)8-12(14)16/h5-7,15H,8H2,1-4H3,(H2,14,16). The van der Waals surface area contributed by atoms with Crippen LogP contribution in [-0.2, 0) is 10.3 Å². The van der Waals surface area contributed by atoms with E-state index in [2.05, 4.69) is 37.4 Å². The first-order valence-electron chi connectivity index (χ1n) is 5.44. The lowest BCUT2D eigenvalue weighted by Gasteiger charge is -2.30. The summed E-state index contributed by atoms with van der Waals surface area (Å²) in [6.07, 6.45) is 0.299. The van der Waals surface area contributed by atoms with Gasteiger partial charge in [0, 0.05) is 12.0 Å². The molecule has 0 aromatic heterocycles. The fraction of sp³-hybridized carbons (Fsp3) is 0.462. The number of carbonyl (C=O) groups excluding carboxylic acids is 1. The predicted molar refractivity (Wildman–Crippen MR) is 66.1 cm³/mol. The van der Waals surface area contributed by atoms with E-state index >= 15 is 0 Å². The van der Waals surface area contributed by atoms with Gasteiger partial charge in [-0.05, 0) is 38.9 Å². The third-order valence-electron chi connectivity index (χ3n) is 3.06. The van der Waals surface area contributed by atoms with E-state index < -0.39 is 0 Å². The van der Waals surface area contributed by atoms with Crippen LogP contribution in [0.2, 0.25) is 0 Å². The molecule has 1 unspecified atom stereocenters. The molecule has 3 N–H and O–H groups in total. The number of nitrogens with two attached hydrogens (primary N) is 1. The van der Waals surface area contributed by atoms with Gasteiger partial charge in [0.2, 0.25) is 5.91 Å². The molecule has 1 aromatic carbocycles. The third kappa shape index (κ3) is 2.61. The van der Waals surface area contributed by atoms with Gasteiger partial charge in [0.25, 0.3) is 0 Å². The van der Waals surface area contributed by atoms with E-state index in [0.29, 0.717) is 6.42 Å². The highest BCUT2D eigenvalue weighted by molar-refractivity contribution is 5.75. The molecule has 0 aliphatic heterocycles. The summed E-state index contributed by atoms with van der Waals surface area (Å²) in [6.45, 7) is 6.11. The first-order valence-corrected chi connectivity index (χ1v) is 5.44. The fourth-order valence-corrected chi connectivity index (χ4v) is 2.10. The SMILES string of the molecule is CNC(C)(CC(N)=O)c1ccc(C)cc1C. The van der Waals surface area contributed by atoms with Crippen molar-refractivity contribution in [3.63, 3.8) is 0 Å². The normalized spacial score (nSPS) is 14.5. The van der Waals surface area contributed by atoms with Crippen LogP contribution in [0, 0.1) is 13.8 Å². The van der Waals surface area contributed by atoms with Gasteiger partial charge in [-0.2, -0.15) is 0 Å². The summed E-state index contributed by atoms with van der Waals surface area (Å²) in [4.78, 5) is 11.1. The van der Waals surface area contributed by atoms with Crippen molar-refractivity contribution in [2.75, 3.05) is 7.05 Å². The molecule has 0 saturated heterocycles. The summed E-state index contributed by atoms with van der Waals surface area (Å²) < 4.78 is 0. The Bertz CT molecular complexity index is 401. The zero-order valence-corrected chi connectivity index (χ0v) is 10.4. The molecule has 1 atom stereocenters. The van der Waals surface area contributed by atoms with Crippen LogP contribution in [0.25, 0.3) is 0 Å². The molecular formula is C13H20N2O. The number of aryl methyl sites for hydroxylation is 2. The average Bonchev–Trinajstić information content (AvgIpc) is 2.16. The molecule has 88 valence electrons. The Kier molecular flexibility index (Phi) is 3.70. The van der Waals surface area contributed by atoms with Gasteiger partial charge in [0.1, 0.15) is 0 Å². The van der Waals surface area contributed by atoms with Gasteiger partial charge < -0.3 is 11.1 Å². The Labute approximate surface area is 97.0 Å². The van der Waals surface area contributed by atoms with Crippen LogP contribution in [0.1, 0.15) is 30.0 Å². The highest BCUT2D eigenvalue weighted by Crippen LogP contribution is 2.27. The maximum atomic E-state index is 11.1. The molecule has 1 rings (SSSR count). The van der Waals surface area contributed by atoms with Crippen LogP contribution in [0.3, 0.4) is 0 Å². The zero-order valence-electron chi connectivity index (χ0n) is 10.4. The summed E-state index contributed by atoms with van der Waals surface area (Å²) in [5.41, 5.74) is 8.43. The Hall–Kier alpha value is -1.35. The Morgan fingerprint density at radius 3 is 2.50 bits per heavy atom. The largest absolute Gasteiger partial charge is 0.370 e. The van der Waals surface area contributed by atoms with Crippen molar-refractivity contribution in [3.8, 4) is 0 Å². The van der Waals surface area contributed by atoms with Gasteiger partial charge in [-0.3, -0.25) is 4.79 Å².